The summed E-state index contributed by atoms with van der Waals surface area (Å²) in [6.45, 7) is 6.64. The van der Waals surface area contributed by atoms with E-state index in [0.29, 0.717) is 12.6 Å². The Bertz CT molecular complexity index is 774. The molecule has 1 aromatic heterocycles. The van der Waals surface area contributed by atoms with Gasteiger partial charge in [-0.25, -0.2) is 9.98 Å². The van der Waals surface area contributed by atoms with E-state index in [1.54, 1.807) is 0 Å². The minimum absolute atomic E-state index is 0. The molecular weight excluding hydrogens is 487 g/mol. The SMILES string of the molecule is CCNC(=NCc1cccc(N(C)C)n1)NCC(c1ccccc1)N1CCCC1.I. The van der Waals surface area contributed by atoms with Crippen LogP contribution in [0.25, 0.3) is 0 Å². The fourth-order valence-corrected chi connectivity index (χ4v) is 3.69. The molecule has 7 heteroatoms. The second kappa shape index (κ2) is 12.7. The molecule has 0 saturated carbocycles. The van der Waals surface area contributed by atoms with Crippen molar-refractivity contribution in [2.24, 2.45) is 4.99 Å². The molecule has 1 aliphatic rings. The Balaban J connectivity index is 0.00000320. The summed E-state index contributed by atoms with van der Waals surface area (Å²) >= 11 is 0. The molecule has 0 radical (unpaired) electrons. The van der Waals surface area contributed by atoms with Gasteiger partial charge >= 0.3 is 0 Å². The molecule has 164 valence electrons. The third kappa shape index (κ3) is 7.12. The maximum atomic E-state index is 4.77. The van der Waals surface area contributed by atoms with Crippen LogP contribution in [0.15, 0.2) is 53.5 Å². The van der Waals surface area contributed by atoms with Crippen molar-refractivity contribution in [3.8, 4) is 0 Å². The maximum absolute atomic E-state index is 4.77. The van der Waals surface area contributed by atoms with Gasteiger partial charge in [0.1, 0.15) is 5.82 Å². The van der Waals surface area contributed by atoms with Crippen LogP contribution in [-0.2, 0) is 6.54 Å². The highest BCUT2D eigenvalue weighted by Crippen LogP contribution is 2.24. The number of pyridine rings is 1. The molecule has 2 heterocycles. The van der Waals surface area contributed by atoms with Gasteiger partial charge < -0.3 is 15.5 Å². The van der Waals surface area contributed by atoms with Crippen molar-refractivity contribution < 1.29 is 0 Å². The third-order valence-corrected chi connectivity index (χ3v) is 5.22. The summed E-state index contributed by atoms with van der Waals surface area (Å²) in [6.07, 6.45) is 2.57. The van der Waals surface area contributed by atoms with Crippen molar-refractivity contribution in [2.45, 2.75) is 32.4 Å². The summed E-state index contributed by atoms with van der Waals surface area (Å²) in [5.74, 6) is 1.79. The number of guanidine groups is 1. The van der Waals surface area contributed by atoms with E-state index < -0.39 is 0 Å². The minimum Gasteiger partial charge on any atom is -0.363 e. The summed E-state index contributed by atoms with van der Waals surface area (Å²) in [5, 5.41) is 6.93. The molecule has 1 aromatic carbocycles. The highest BCUT2D eigenvalue weighted by molar-refractivity contribution is 14.0. The van der Waals surface area contributed by atoms with E-state index in [0.717, 1.165) is 43.7 Å². The van der Waals surface area contributed by atoms with Gasteiger partial charge in [0.05, 0.1) is 18.3 Å². The summed E-state index contributed by atoms with van der Waals surface area (Å²) in [7, 11) is 4.01. The molecule has 6 nitrogen and oxygen atoms in total. The summed E-state index contributed by atoms with van der Waals surface area (Å²) in [6, 6.07) is 17.2. The number of halogens is 1. The van der Waals surface area contributed by atoms with Crippen molar-refractivity contribution in [3.63, 3.8) is 0 Å². The smallest absolute Gasteiger partial charge is 0.191 e. The van der Waals surface area contributed by atoms with E-state index >= 15 is 0 Å². The van der Waals surface area contributed by atoms with Gasteiger partial charge in [0, 0.05) is 27.2 Å². The second-order valence-corrected chi connectivity index (χ2v) is 7.63. The maximum Gasteiger partial charge on any atom is 0.191 e. The van der Waals surface area contributed by atoms with Crippen LogP contribution in [0.3, 0.4) is 0 Å². The second-order valence-electron chi connectivity index (χ2n) is 7.63. The molecule has 1 atom stereocenters. The lowest BCUT2D eigenvalue weighted by Crippen LogP contribution is -2.42. The number of anilines is 1. The molecule has 0 amide bonds. The fraction of sp³-hybridized carbons (Fsp3) is 0.478. The zero-order chi connectivity index (χ0) is 20.5. The van der Waals surface area contributed by atoms with Crippen LogP contribution in [0.4, 0.5) is 5.82 Å². The number of aromatic nitrogens is 1. The van der Waals surface area contributed by atoms with Crippen molar-refractivity contribution in [1.29, 1.82) is 0 Å². The number of nitrogens with zero attached hydrogens (tertiary/aromatic N) is 4. The Morgan fingerprint density at radius 3 is 2.47 bits per heavy atom. The molecular formula is C23H35IN6. The number of rotatable bonds is 8. The predicted molar refractivity (Wildman–Crippen MR) is 137 cm³/mol. The van der Waals surface area contributed by atoms with E-state index in [1.807, 2.05) is 37.2 Å². The third-order valence-electron chi connectivity index (χ3n) is 5.22. The quantitative estimate of drug-likeness (QED) is 0.315. The molecule has 3 rings (SSSR count). The van der Waals surface area contributed by atoms with E-state index in [4.69, 9.17) is 4.99 Å². The Kier molecular flexibility index (Phi) is 10.4. The van der Waals surface area contributed by atoms with Gasteiger partial charge in [0.15, 0.2) is 5.96 Å². The lowest BCUT2D eigenvalue weighted by molar-refractivity contribution is 0.245. The highest BCUT2D eigenvalue weighted by Gasteiger charge is 2.23. The van der Waals surface area contributed by atoms with Gasteiger partial charge in [-0.3, -0.25) is 4.90 Å². The molecule has 0 aliphatic carbocycles. The monoisotopic (exact) mass is 522 g/mol. The molecule has 0 bridgehead atoms. The van der Waals surface area contributed by atoms with E-state index in [9.17, 15) is 0 Å². The minimum atomic E-state index is 0. The normalized spacial score (nSPS) is 15.4. The van der Waals surface area contributed by atoms with Crippen LogP contribution in [0.2, 0.25) is 0 Å². The Morgan fingerprint density at radius 2 is 1.80 bits per heavy atom. The number of nitrogens with one attached hydrogen (secondary N) is 2. The average Bonchev–Trinajstić information content (AvgIpc) is 3.27. The lowest BCUT2D eigenvalue weighted by atomic mass is 10.1. The van der Waals surface area contributed by atoms with Crippen LogP contribution in [-0.4, -0.2) is 56.1 Å². The summed E-state index contributed by atoms with van der Waals surface area (Å²) < 4.78 is 0. The summed E-state index contributed by atoms with van der Waals surface area (Å²) in [4.78, 5) is 14.0. The Labute approximate surface area is 198 Å². The van der Waals surface area contributed by atoms with Crippen molar-refractivity contribution in [2.75, 3.05) is 45.2 Å². The van der Waals surface area contributed by atoms with Crippen LogP contribution >= 0.6 is 24.0 Å². The molecule has 0 spiro atoms. The number of likely N-dealkylation sites (tertiary alicyclic amines) is 1. The van der Waals surface area contributed by atoms with Crippen molar-refractivity contribution in [1.82, 2.24) is 20.5 Å². The molecule has 30 heavy (non-hydrogen) atoms. The number of hydrogen-bond donors (Lipinski definition) is 2. The lowest BCUT2D eigenvalue weighted by Gasteiger charge is -2.29. The Hall–Kier alpha value is -1.87. The molecule has 1 aliphatic heterocycles. The number of aliphatic imine (C=N–C) groups is 1. The van der Waals surface area contributed by atoms with Gasteiger partial charge in [0.2, 0.25) is 0 Å². The number of benzene rings is 1. The van der Waals surface area contributed by atoms with Crippen LogP contribution in [0, 0.1) is 0 Å². The van der Waals surface area contributed by atoms with Crippen LogP contribution < -0.4 is 15.5 Å². The largest absolute Gasteiger partial charge is 0.363 e. The van der Waals surface area contributed by atoms with Gasteiger partial charge in [-0.2, -0.15) is 0 Å². The van der Waals surface area contributed by atoms with Gasteiger partial charge in [0.25, 0.3) is 0 Å². The topological polar surface area (TPSA) is 55.8 Å². The van der Waals surface area contributed by atoms with E-state index in [1.165, 1.54) is 18.4 Å². The molecule has 1 fully saturated rings. The fourth-order valence-electron chi connectivity index (χ4n) is 3.69. The highest BCUT2D eigenvalue weighted by atomic mass is 127. The number of hydrogen-bond acceptors (Lipinski definition) is 4. The molecule has 1 saturated heterocycles. The van der Waals surface area contributed by atoms with E-state index in [-0.39, 0.29) is 24.0 Å². The Morgan fingerprint density at radius 1 is 1.07 bits per heavy atom. The molecule has 1 unspecified atom stereocenters. The van der Waals surface area contributed by atoms with E-state index in [2.05, 4.69) is 57.8 Å². The van der Waals surface area contributed by atoms with Crippen molar-refractivity contribution >= 4 is 35.8 Å². The predicted octanol–water partition coefficient (Wildman–Crippen LogP) is 3.66. The van der Waals surface area contributed by atoms with Gasteiger partial charge in [-0.1, -0.05) is 36.4 Å². The zero-order valence-corrected chi connectivity index (χ0v) is 20.7. The van der Waals surface area contributed by atoms with Crippen LogP contribution in [0.5, 0.6) is 0 Å². The first-order chi connectivity index (χ1) is 14.2. The molecule has 2 N–H and O–H groups in total. The molecule has 2 aromatic rings. The van der Waals surface area contributed by atoms with Gasteiger partial charge in [-0.05, 0) is 50.6 Å². The van der Waals surface area contributed by atoms with Gasteiger partial charge in [-0.15, -0.1) is 24.0 Å². The first-order valence-electron chi connectivity index (χ1n) is 10.6. The standard InChI is InChI=1S/C23H34N6.HI/c1-4-24-23(25-17-20-13-10-14-22(27-20)28(2)3)26-18-21(29-15-8-9-16-29)19-11-6-5-7-12-19;/h5-7,10-14,21H,4,8-9,15-18H2,1-3H3,(H2,24,25,26);1H. The average molecular weight is 522 g/mol. The summed E-state index contributed by atoms with van der Waals surface area (Å²) in [5.41, 5.74) is 2.32. The van der Waals surface area contributed by atoms with Crippen molar-refractivity contribution in [3.05, 3.63) is 59.8 Å². The van der Waals surface area contributed by atoms with Crippen LogP contribution in [0.1, 0.15) is 37.1 Å². The first kappa shape index (κ1) is 24.4. The first-order valence-corrected chi connectivity index (χ1v) is 10.6. The zero-order valence-electron chi connectivity index (χ0n) is 18.3.